The molecule has 1 aliphatic heterocycles. The third-order valence-corrected chi connectivity index (χ3v) is 4.92. The molecule has 18 heavy (non-hydrogen) atoms. The van der Waals surface area contributed by atoms with Crippen molar-refractivity contribution in [3.05, 3.63) is 22.7 Å². The highest BCUT2D eigenvalue weighted by molar-refractivity contribution is 9.10. The first-order chi connectivity index (χ1) is 8.38. The van der Waals surface area contributed by atoms with Crippen molar-refractivity contribution in [2.45, 2.75) is 24.7 Å². The fourth-order valence-corrected chi connectivity index (χ4v) is 3.49. The Balaban J connectivity index is 2.25. The molecule has 0 radical (unpaired) electrons. The predicted molar refractivity (Wildman–Crippen MR) is 76.1 cm³/mol. The molecule has 1 aromatic rings. The van der Waals surface area contributed by atoms with E-state index in [4.69, 9.17) is 5.14 Å². The van der Waals surface area contributed by atoms with Gasteiger partial charge in [0.15, 0.2) is 0 Å². The SMILES string of the molecule is CC1CCN(c2ccc(S(N)(=O)=O)cc2Br)CC1. The minimum absolute atomic E-state index is 0.142. The minimum atomic E-state index is -3.63. The van der Waals surface area contributed by atoms with Crippen LogP contribution in [0.5, 0.6) is 0 Å². The lowest BCUT2D eigenvalue weighted by molar-refractivity contribution is 0.438. The highest BCUT2D eigenvalue weighted by atomic mass is 79.9. The summed E-state index contributed by atoms with van der Waals surface area (Å²) in [6, 6.07) is 4.95. The fraction of sp³-hybridized carbons (Fsp3) is 0.500. The summed E-state index contributed by atoms with van der Waals surface area (Å²) in [5.41, 5.74) is 1.04. The molecule has 0 spiro atoms. The van der Waals surface area contributed by atoms with Crippen LogP contribution in [0.3, 0.4) is 0 Å². The van der Waals surface area contributed by atoms with E-state index in [-0.39, 0.29) is 4.90 Å². The molecule has 0 aromatic heterocycles. The van der Waals surface area contributed by atoms with Gasteiger partial charge in [0.1, 0.15) is 0 Å². The fourth-order valence-electron chi connectivity index (χ4n) is 2.17. The van der Waals surface area contributed by atoms with Crippen LogP contribution in [0.25, 0.3) is 0 Å². The Morgan fingerprint density at radius 3 is 2.44 bits per heavy atom. The molecule has 1 heterocycles. The second-order valence-corrected chi connectivity index (χ2v) is 7.24. The number of sulfonamides is 1. The number of primary sulfonamides is 1. The van der Waals surface area contributed by atoms with Crippen LogP contribution in [-0.4, -0.2) is 21.5 Å². The Labute approximate surface area is 116 Å². The second kappa shape index (κ2) is 5.19. The van der Waals surface area contributed by atoms with Gasteiger partial charge < -0.3 is 4.90 Å². The predicted octanol–water partition coefficient (Wildman–Crippen LogP) is 2.33. The van der Waals surface area contributed by atoms with E-state index in [1.807, 2.05) is 6.07 Å². The van der Waals surface area contributed by atoms with Gasteiger partial charge in [0.25, 0.3) is 0 Å². The lowest BCUT2D eigenvalue weighted by Gasteiger charge is -2.32. The van der Waals surface area contributed by atoms with Crippen LogP contribution >= 0.6 is 15.9 Å². The summed E-state index contributed by atoms with van der Waals surface area (Å²) in [6.45, 7) is 4.28. The zero-order chi connectivity index (χ0) is 13.3. The van der Waals surface area contributed by atoms with Crippen molar-refractivity contribution >= 4 is 31.6 Å². The maximum absolute atomic E-state index is 11.3. The maximum atomic E-state index is 11.3. The summed E-state index contributed by atoms with van der Waals surface area (Å²) in [7, 11) is -3.63. The zero-order valence-electron chi connectivity index (χ0n) is 10.3. The van der Waals surface area contributed by atoms with Gasteiger partial charge in [0.05, 0.1) is 10.6 Å². The molecule has 2 N–H and O–H groups in total. The summed E-state index contributed by atoms with van der Waals surface area (Å²) in [5, 5.41) is 5.11. The van der Waals surface area contributed by atoms with Gasteiger partial charge >= 0.3 is 0 Å². The average molecular weight is 333 g/mol. The lowest BCUT2D eigenvalue weighted by atomic mass is 9.99. The Morgan fingerprint density at radius 2 is 1.94 bits per heavy atom. The first-order valence-electron chi connectivity index (χ1n) is 5.95. The molecule has 100 valence electrons. The highest BCUT2D eigenvalue weighted by Gasteiger charge is 2.19. The molecule has 1 saturated heterocycles. The largest absolute Gasteiger partial charge is 0.371 e. The van der Waals surface area contributed by atoms with Crippen molar-refractivity contribution in [1.82, 2.24) is 0 Å². The number of halogens is 1. The molecule has 4 nitrogen and oxygen atoms in total. The van der Waals surface area contributed by atoms with Gasteiger partial charge in [-0.1, -0.05) is 6.92 Å². The van der Waals surface area contributed by atoms with E-state index in [1.165, 1.54) is 12.8 Å². The number of hydrogen-bond donors (Lipinski definition) is 1. The molecule has 1 fully saturated rings. The smallest absolute Gasteiger partial charge is 0.238 e. The summed E-state index contributed by atoms with van der Waals surface area (Å²) in [5.74, 6) is 0.767. The molecule has 0 bridgehead atoms. The van der Waals surface area contributed by atoms with Gasteiger partial charge in [-0.15, -0.1) is 0 Å². The van der Waals surface area contributed by atoms with Crippen molar-refractivity contribution in [1.29, 1.82) is 0 Å². The molecular formula is C12H17BrN2O2S. The average Bonchev–Trinajstić information content (AvgIpc) is 2.29. The van der Waals surface area contributed by atoms with E-state index < -0.39 is 10.0 Å². The molecular weight excluding hydrogens is 316 g/mol. The van der Waals surface area contributed by atoms with Crippen LogP contribution < -0.4 is 10.0 Å². The number of nitrogens with zero attached hydrogens (tertiary/aromatic N) is 1. The highest BCUT2D eigenvalue weighted by Crippen LogP contribution is 2.31. The molecule has 0 atom stereocenters. The third kappa shape index (κ3) is 3.05. The number of rotatable bonds is 2. The molecule has 2 rings (SSSR count). The van der Waals surface area contributed by atoms with E-state index in [1.54, 1.807) is 12.1 Å². The molecule has 6 heteroatoms. The monoisotopic (exact) mass is 332 g/mol. The van der Waals surface area contributed by atoms with Crippen molar-refractivity contribution in [3.63, 3.8) is 0 Å². The number of anilines is 1. The van der Waals surface area contributed by atoms with Crippen LogP contribution in [0.1, 0.15) is 19.8 Å². The van der Waals surface area contributed by atoms with E-state index in [2.05, 4.69) is 27.8 Å². The number of nitrogens with two attached hydrogens (primary N) is 1. The van der Waals surface area contributed by atoms with Crippen LogP contribution in [0.4, 0.5) is 5.69 Å². The Kier molecular flexibility index (Phi) is 3.99. The van der Waals surface area contributed by atoms with Gasteiger partial charge in [-0.05, 0) is 52.9 Å². The maximum Gasteiger partial charge on any atom is 0.238 e. The minimum Gasteiger partial charge on any atom is -0.371 e. The Hall–Kier alpha value is -0.590. The summed E-state index contributed by atoms with van der Waals surface area (Å²) < 4.78 is 23.3. The lowest BCUT2D eigenvalue weighted by Crippen LogP contribution is -2.33. The van der Waals surface area contributed by atoms with Gasteiger partial charge in [0, 0.05) is 17.6 Å². The first-order valence-corrected chi connectivity index (χ1v) is 8.29. The van der Waals surface area contributed by atoms with E-state index in [0.717, 1.165) is 29.2 Å². The van der Waals surface area contributed by atoms with Gasteiger partial charge in [-0.25, -0.2) is 13.6 Å². The quantitative estimate of drug-likeness (QED) is 0.903. The summed E-state index contributed by atoms with van der Waals surface area (Å²) in [6.07, 6.45) is 2.34. The zero-order valence-corrected chi connectivity index (χ0v) is 12.7. The molecule has 0 aliphatic carbocycles. The van der Waals surface area contributed by atoms with Crippen molar-refractivity contribution in [2.75, 3.05) is 18.0 Å². The topological polar surface area (TPSA) is 63.4 Å². The van der Waals surface area contributed by atoms with Crippen LogP contribution in [0.2, 0.25) is 0 Å². The van der Waals surface area contributed by atoms with Gasteiger partial charge in [-0.2, -0.15) is 0 Å². The normalized spacial score (nSPS) is 18.1. The molecule has 1 aliphatic rings. The van der Waals surface area contributed by atoms with Crippen LogP contribution in [0, 0.1) is 5.92 Å². The van der Waals surface area contributed by atoms with Crippen molar-refractivity contribution in [3.8, 4) is 0 Å². The molecule has 0 saturated carbocycles. The van der Waals surface area contributed by atoms with Gasteiger partial charge in [0.2, 0.25) is 10.0 Å². The molecule has 1 aromatic carbocycles. The summed E-state index contributed by atoms with van der Waals surface area (Å²) >= 11 is 3.43. The van der Waals surface area contributed by atoms with Crippen molar-refractivity contribution in [2.24, 2.45) is 11.1 Å². The number of benzene rings is 1. The van der Waals surface area contributed by atoms with E-state index in [0.29, 0.717) is 0 Å². The van der Waals surface area contributed by atoms with Crippen molar-refractivity contribution < 1.29 is 8.42 Å². The first kappa shape index (κ1) is 13.8. The van der Waals surface area contributed by atoms with E-state index >= 15 is 0 Å². The third-order valence-electron chi connectivity index (χ3n) is 3.37. The Morgan fingerprint density at radius 1 is 1.33 bits per heavy atom. The van der Waals surface area contributed by atoms with E-state index in [9.17, 15) is 8.42 Å². The van der Waals surface area contributed by atoms with Crippen LogP contribution in [-0.2, 0) is 10.0 Å². The number of piperidine rings is 1. The molecule has 0 amide bonds. The van der Waals surface area contributed by atoms with Crippen LogP contribution in [0.15, 0.2) is 27.6 Å². The molecule has 0 unspecified atom stereocenters. The van der Waals surface area contributed by atoms with Gasteiger partial charge in [-0.3, -0.25) is 0 Å². The summed E-state index contributed by atoms with van der Waals surface area (Å²) in [4.78, 5) is 2.42. The number of hydrogen-bond acceptors (Lipinski definition) is 3. The second-order valence-electron chi connectivity index (χ2n) is 4.83. The standard InChI is InChI=1S/C12H17BrN2O2S/c1-9-4-6-15(7-5-9)12-3-2-10(8-11(12)13)18(14,16)17/h2-3,8-9H,4-7H2,1H3,(H2,14,16,17). The Bertz CT molecular complexity index is 537.